The Balaban J connectivity index is 4.32. The molecule has 0 amide bonds. The van der Waals surface area contributed by atoms with Crippen LogP contribution in [0.1, 0.15) is 227 Å². The van der Waals surface area contributed by atoms with Gasteiger partial charge < -0.3 is 14.2 Å². The molecule has 6 heteroatoms. The number of carbonyl (C=O) groups excluding carboxylic acids is 3. The molecule has 0 radical (unpaired) electrons. The molecule has 6 nitrogen and oxygen atoms in total. The lowest BCUT2D eigenvalue weighted by molar-refractivity contribution is -0.167. The Morgan fingerprint density at radius 1 is 0.388 bits per heavy atom. The van der Waals surface area contributed by atoms with Crippen LogP contribution in [0.5, 0.6) is 0 Å². The number of rotatable bonds is 37. The third-order valence-corrected chi connectivity index (χ3v) is 9.47. The van der Waals surface area contributed by atoms with E-state index in [-0.39, 0.29) is 31.1 Å². The Labute approximate surface area is 304 Å². The van der Waals surface area contributed by atoms with Gasteiger partial charge >= 0.3 is 17.9 Å². The summed E-state index contributed by atoms with van der Waals surface area (Å²) < 4.78 is 16.6. The summed E-state index contributed by atoms with van der Waals surface area (Å²) in [6, 6.07) is 0. The maximum absolute atomic E-state index is 12.6. The summed E-state index contributed by atoms with van der Waals surface area (Å²) in [5.74, 6) is 0.708. The van der Waals surface area contributed by atoms with Crippen molar-refractivity contribution in [3.05, 3.63) is 0 Å². The van der Waals surface area contributed by atoms with Crippen LogP contribution in [0.3, 0.4) is 0 Å². The maximum Gasteiger partial charge on any atom is 0.306 e. The average Bonchev–Trinajstić information content (AvgIpc) is 3.06. The van der Waals surface area contributed by atoms with E-state index in [1.807, 2.05) is 0 Å². The van der Waals surface area contributed by atoms with Gasteiger partial charge in [-0.1, -0.05) is 189 Å². The van der Waals surface area contributed by atoms with Crippen LogP contribution in [0.4, 0.5) is 0 Å². The van der Waals surface area contributed by atoms with Crippen LogP contribution in [0, 0.1) is 11.8 Å². The third-order valence-electron chi connectivity index (χ3n) is 9.47. The normalized spacial score (nSPS) is 12.1. The Hall–Kier alpha value is -1.59. The van der Waals surface area contributed by atoms with Gasteiger partial charge in [-0.15, -0.1) is 0 Å². The van der Waals surface area contributed by atoms with Crippen LogP contribution in [0.2, 0.25) is 0 Å². The van der Waals surface area contributed by atoms with E-state index >= 15 is 0 Å². The molecule has 0 aliphatic heterocycles. The minimum Gasteiger partial charge on any atom is -0.462 e. The van der Waals surface area contributed by atoms with Gasteiger partial charge in [-0.3, -0.25) is 14.4 Å². The fraction of sp³-hybridized carbons (Fsp3) is 0.930. The van der Waals surface area contributed by atoms with Crippen LogP contribution in [-0.4, -0.2) is 37.2 Å². The molecular formula is C43H82O6. The highest BCUT2D eigenvalue weighted by molar-refractivity contribution is 5.71. The minimum absolute atomic E-state index is 0.0666. The molecule has 290 valence electrons. The molecule has 0 bridgehead atoms. The van der Waals surface area contributed by atoms with E-state index in [1.54, 1.807) is 0 Å². The third kappa shape index (κ3) is 37.5. The van der Waals surface area contributed by atoms with Gasteiger partial charge in [0.15, 0.2) is 6.10 Å². The first-order valence-electron chi connectivity index (χ1n) is 21.2. The lowest BCUT2D eigenvalue weighted by Crippen LogP contribution is -2.30. The zero-order valence-corrected chi connectivity index (χ0v) is 33.3. The summed E-state index contributed by atoms with van der Waals surface area (Å²) in [5, 5.41) is 0. The van der Waals surface area contributed by atoms with Gasteiger partial charge in [0.2, 0.25) is 0 Å². The lowest BCUT2D eigenvalue weighted by atomic mass is 10.0. The van der Waals surface area contributed by atoms with Gasteiger partial charge in [-0.05, 0) is 31.1 Å². The molecule has 0 spiro atoms. The topological polar surface area (TPSA) is 78.9 Å². The molecule has 1 atom stereocenters. The highest BCUT2D eigenvalue weighted by Gasteiger charge is 2.19. The Morgan fingerprint density at radius 2 is 0.673 bits per heavy atom. The van der Waals surface area contributed by atoms with Crippen molar-refractivity contribution in [1.29, 1.82) is 0 Å². The van der Waals surface area contributed by atoms with E-state index in [0.717, 1.165) is 69.6 Å². The SMILES string of the molecule is CCCCCCCCCCCC(=O)OC[C@@H](COC(=O)CCCCCCCCCCCCC(C)C)OC(=O)CCCCCCCCC(C)C. The Kier molecular flexibility index (Phi) is 35.0. The van der Waals surface area contributed by atoms with E-state index in [0.29, 0.717) is 19.3 Å². The molecule has 0 aromatic heterocycles. The molecule has 0 aliphatic rings. The highest BCUT2D eigenvalue weighted by Crippen LogP contribution is 2.16. The van der Waals surface area contributed by atoms with Gasteiger partial charge in [0.05, 0.1) is 0 Å². The molecule has 49 heavy (non-hydrogen) atoms. The number of esters is 3. The Morgan fingerprint density at radius 3 is 1.00 bits per heavy atom. The molecule has 0 aromatic carbocycles. The van der Waals surface area contributed by atoms with Gasteiger partial charge in [0.25, 0.3) is 0 Å². The molecular weight excluding hydrogens is 612 g/mol. The van der Waals surface area contributed by atoms with Crippen molar-refractivity contribution < 1.29 is 28.6 Å². The van der Waals surface area contributed by atoms with Crippen LogP contribution < -0.4 is 0 Å². The number of carbonyl (C=O) groups is 3. The lowest BCUT2D eigenvalue weighted by Gasteiger charge is -2.18. The molecule has 0 aromatic rings. The number of unbranched alkanes of at least 4 members (excludes halogenated alkanes) is 22. The fourth-order valence-corrected chi connectivity index (χ4v) is 6.22. The first-order chi connectivity index (χ1) is 23.7. The van der Waals surface area contributed by atoms with E-state index in [1.165, 1.54) is 116 Å². The van der Waals surface area contributed by atoms with E-state index in [9.17, 15) is 14.4 Å². The van der Waals surface area contributed by atoms with Crippen LogP contribution in [-0.2, 0) is 28.6 Å². The number of hydrogen-bond donors (Lipinski definition) is 0. The van der Waals surface area contributed by atoms with Gasteiger partial charge in [0, 0.05) is 19.3 Å². The first-order valence-corrected chi connectivity index (χ1v) is 21.2. The summed E-state index contributed by atoms with van der Waals surface area (Å²) in [6.07, 6.45) is 32.5. The van der Waals surface area contributed by atoms with E-state index in [2.05, 4.69) is 34.6 Å². The monoisotopic (exact) mass is 695 g/mol. The van der Waals surface area contributed by atoms with Crippen molar-refractivity contribution in [2.75, 3.05) is 13.2 Å². The highest BCUT2D eigenvalue weighted by atomic mass is 16.6. The van der Waals surface area contributed by atoms with E-state index < -0.39 is 6.10 Å². The summed E-state index contributed by atoms with van der Waals surface area (Å²) in [5.41, 5.74) is 0. The van der Waals surface area contributed by atoms with E-state index in [4.69, 9.17) is 14.2 Å². The second-order valence-electron chi connectivity index (χ2n) is 15.6. The summed E-state index contributed by atoms with van der Waals surface area (Å²) in [7, 11) is 0. The zero-order valence-electron chi connectivity index (χ0n) is 33.3. The van der Waals surface area contributed by atoms with Crippen LogP contribution in [0.25, 0.3) is 0 Å². The van der Waals surface area contributed by atoms with Gasteiger partial charge in [-0.2, -0.15) is 0 Å². The van der Waals surface area contributed by atoms with Crippen molar-refractivity contribution in [2.45, 2.75) is 233 Å². The second kappa shape index (κ2) is 36.2. The van der Waals surface area contributed by atoms with Crippen molar-refractivity contribution >= 4 is 17.9 Å². The quantitative estimate of drug-likeness (QED) is 0.0366. The van der Waals surface area contributed by atoms with Crippen molar-refractivity contribution in [3.63, 3.8) is 0 Å². The fourth-order valence-electron chi connectivity index (χ4n) is 6.22. The summed E-state index contributed by atoms with van der Waals surface area (Å²) >= 11 is 0. The summed E-state index contributed by atoms with van der Waals surface area (Å²) in [6.45, 7) is 11.2. The molecule has 0 heterocycles. The zero-order chi connectivity index (χ0) is 36.2. The van der Waals surface area contributed by atoms with Crippen LogP contribution >= 0.6 is 0 Å². The smallest absolute Gasteiger partial charge is 0.306 e. The molecule has 0 N–H and O–H groups in total. The molecule has 0 saturated heterocycles. The number of hydrogen-bond acceptors (Lipinski definition) is 6. The molecule has 0 unspecified atom stereocenters. The van der Waals surface area contributed by atoms with Crippen molar-refractivity contribution in [3.8, 4) is 0 Å². The largest absolute Gasteiger partial charge is 0.462 e. The van der Waals surface area contributed by atoms with Crippen LogP contribution in [0.15, 0.2) is 0 Å². The predicted molar refractivity (Wildman–Crippen MR) is 206 cm³/mol. The predicted octanol–water partition coefficient (Wildman–Crippen LogP) is 13.0. The first kappa shape index (κ1) is 47.4. The average molecular weight is 695 g/mol. The Bertz CT molecular complexity index is 749. The maximum atomic E-state index is 12.6. The van der Waals surface area contributed by atoms with Crippen molar-refractivity contribution in [1.82, 2.24) is 0 Å². The molecule has 0 fully saturated rings. The summed E-state index contributed by atoms with van der Waals surface area (Å²) in [4.78, 5) is 37.5. The standard InChI is InChI=1S/C43H82O6/c1-6-7-8-9-10-13-17-23-28-33-41(44)47-36-40(49-43(46)35-30-25-20-19-22-27-32-39(4)5)37-48-42(45)34-29-24-18-15-12-11-14-16-21-26-31-38(2)3/h38-40H,6-37H2,1-5H3/t40-/m0/s1. The van der Waals surface area contributed by atoms with Gasteiger partial charge in [-0.25, -0.2) is 0 Å². The van der Waals surface area contributed by atoms with Gasteiger partial charge in [0.1, 0.15) is 13.2 Å². The molecule has 0 saturated carbocycles. The molecule has 0 aliphatic carbocycles. The second-order valence-corrected chi connectivity index (χ2v) is 15.6. The van der Waals surface area contributed by atoms with Crippen molar-refractivity contribution in [2.24, 2.45) is 11.8 Å². The minimum atomic E-state index is -0.759. The number of ether oxygens (including phenoxy) is 3. The molecule has 0 rings (SSSR count).